The molecule has 3 nitrogen and oxygen atoms in total. The van der Waals surface area contributed by atoms with Crippen LogP contribution >= 0.6 is 0 Å². The molecule has 0 aliphatic carbocycles. The summed E-state index contributed by atoms with van der Waals surface area (Å²) in [6.45, 7) is 1.42. The number of benzene rings is 2. The molecule has 0 radical (unpaired) electrons. The number of hydrogen-bond acceptors (Lipinski definition) is 3. The van der Waals surface area contributed by atoms with Crippen molar-refractivity contribution in [2.75, 3.05) is 13.2 Å². The van der Waals surface area contributed by atoms with Crippen LogP contribution in [0.5, 0.6) is 11.5 Å². The first-order valence-corrected chi connectivity index (χ1v) is 6.73. The third kappa shape index (κ3) is 2.75. The summed E-state index contributed by atoms with van der Waals surface area (Å²) in [5.74, 6) is 1.82. The van der Waals surface area contributed by atoms with E-state index < -0.39 is 0 Å². The molecule has 3 heteroatoms. The first-order valence-electron chi connectivity index (χ1n) is 6.73. The highest BCUT2D eigenvalue weighted by Gasteiger charge is 2.11. The predicted octanol–water partition coefficient (Wildman–Crippen LogP) is 3.11. The summed E-state index contributed by atoms with van der Waals surface area (Å²) in [5.41, 5.74) is 3.21. The lowest BCUT2D eigenvalue weighted by atomic mass is 10.1. The average Bonchev–Trinajstić information content (AvgIpc) is 2.95. The molecule has 1 heterocycles. The smallest absolute Gasteiger partial charge is 0.122 e. The van der Waals surface area contributed by atoms with Gasteiger partial charge in [-0.3, -0.25) is 0 Å². The third-order valence-corrected chi connectivity index (χ3v) is 3.40. The van der Waals surface area contributed by atoms with E-state index in [0.717, 1.165) is 30.9 Å². The van der Waals surface area contributed by atoms with Gasteiger partial charge in [0, 0.05) is 12.8 Å². The highest BCUT2D eigenvalue weighted by atomic mass is 16.5. The van der Waals surface area contributed by atoms with Gasteiger partial charge in [-0.05, 0) is 41.5 Å². The fraction of sp³-hybridized carbons (Fsp3) is 0.235. The van der Waals surface area contributed by atoms with Gasteiger partial charge in [-0.1, -0.05) is 12.1 Å². The zero-order chi connectivity index (χ0) is 13.8. The molecule has 0 amide bonds. The molecule has 100 valence electrons. The molecule has 0 atom stereocenters. The number of nitriles is 1. The van der Waals surface area contributed by atoms with Crippen LogP contribution in [0.1, 0.15) is 16.7 Å². The monoisotopic (exact) mass is 265 g/mol. The van der Waals surface area contributed by atoms with Crippen LogP contribution in [0.25, 0.3) is 0 Å². The quantitative estimate of drug-likeness (QED) is 0.853. The largest absolute Gasteiger partial charge is 0.493 e. The van der Waals surface area contributed by atoms with Crippen molar-refractivity contribution in [1.82, 2.24) is 0 Å². The van der Waals surface area contributed by atoms with E-state index in [1.807, 2.05) is 18.2 Å². The molecule has 20 heavy (non-hydrogen) atoms. The Kier molecular flexibility index (Phi) is 3.56. The minimum atomic E-state index is 0.631. The Morgan fingerprint density at radius 2 is 2.00 bits per heavy atom. The van der Waals surface area contributed by atoms with E-state index in [4.69, 9.17) is 14.7 Å². The lowest BCUT2D eigenvalue weighted by molar-refractivity contribution is 0.322. The second-order valence-electron chi connectivity index (χ2n) is 4.78. The number of nitrogens with zero attached hydrogens (tertiary/aromatic N) is 1. The van der Waals surface area contributed by atoms with Crippen molar-refractivity contribution >= 4 is 0 Å². The molecular formula is C17H15NO2. The molecule has 0 fully saturated rings. The van der Waals surface area contributed by atoms with Crippen molar-refractivity contribution in [1.29, 1.82) is 5.26 Å². The van der Waals surface area contributed by atoms with Crippen LogP contribution in [0.15, 0.2) is 42.5 Å². The molecule has 0 aromatic heterocycles. The number of ether oxygens (including phenoxy) is 2. The molecule has 2 aromatic carbocycles. The van der Waals surface area contributed by atoms with E-state index in [1.54, 1.807) is 12.1 Å². The Labute approximate surface area is 118 Å². The second-order valence-corrected chi connectivity index (χ2v) is 4.78. The fourth-order valence-electron chi connectivity index (χ4n) is 2.31. The van der Waals surface area contributed by atoms with Crippen molar-refractivity contribution in [3.63, 3.8) is 0 Å². The average molecular weight is 265 g/mol. The van der Waals surface area contributed by atoms with Gasteiger partial charge in [0.25, 0.3) is 0 Å². The van der Waals surface area contributed by atoms with E-state index in [-0.39, 0.29) is 0 Å². The lowest BCUT2D eigenvalue weighted by Gasteiger charge is -2.07. The minimum Gasteiger partial charge on any atom is -0.493 e. The van der Waals surface area contributed by atoms with Crippen molar-refractivity contribution in [2.45, 2.75) is 12.8 Å². The van der Waals surface area contributed by atoms with Crippen LogP contribution in [0.3, 0.4) is 0 Å². The van der Waals surface area contributed by atoms with Gasteiger partial charge < -0.3 is 9.47 Å². The Bertz CT molecular complexity index is 641. The van der Waals surface area contributed by atoms with E-state index in [0.29, 0.717) is 12.2 Å². The molecule has 1 aliphatic heterocycles. The van der Waals surface area contributed by atoms with Gasteiger partial charge in [0.2, 0.25) is 0 Å². The van der Waals surface area contributed by atoms with Crippen molar-refractivity contribution in [3.05, 3.63) is 59.2 Å². The summed E-state index contributed by atoms with van der Waals surface area (Å²) >= 11 is 0. The normalized spacial score (nSPS) is 12.3. The summed E-state index contributed by atoms with van der Waals surface area (Å²) in [6, 6.07) is 15.6. The van der Waals surface area contributed by atoms with E-state index in [1.165, 1.54) is 11.1 Å². The molecular weight excluding hydrogens is 250 g/mol. The zero-order valence-corrected chi connectivity index (χ0v) is 11.1. The number of hydrogen-bond donors (Lipinski definition) is 0. The van der Waals surface area contributed by atoms with Crippen molar-refractivity contribution in [2.24, 2.45) is 0 Å². The Morgan fingerprint density at radius 3 is 2.80 bits per heavy atom. The summed E-state index contributed by atoms with van der Waals surface area (Å²) in [5, 5.41) is 8.73. The summed E-state index contributed by atoms with van der Waals surface area (Å²) in [6.07, 6.45) is 1.87. The molecule has 0 unspecified atom stereocenters. The van der Waals surface area contributed by atoms with Crippen LogP contribution in [0, 0.1) is 11.3 Å². The molecule has 3 rings (SSSR count). The van der Waals surface area contributed by atoms with Crippen LogP contribution in [0.4, 0.5) is 0 Å². The SMILES string of the molecule is N#Cc1ccc(OCCc2ccc3c(c2)CCO3)cc1. The Balaban J connectivity index is 1.56. The van der Waals surface area contributed by atoms with E-state index >= 15 is 0 Å². The Morgan fingerprint density at radius 1 is 1.15 bits per heavy atom. The third-order valence-electron chi connectivity index (χ3n) is 3.40. The fourth-order valence-corrected chi connectivity index (χ4v) is 2.31. The van der Waals surface area contributed by atoms with Gasteiger partial charge in [-0.2, -0.15) is 5.26 Å². The Hall–Kier alpha value is -2.47. The van der Waals surface area contributed by atoms with E-state index in [2.05, 4.69) is 18.2 Å². The van der Waals surface area contributed by atoms with Gasteiger partial charge in [-0.25, -0.2) is 0 Å². The van der Waals surface area contributed by atoms with Crippen LogP contribution in [-0.4, -0.2) is 13.2 Å². The van der Waals surface area contributed by atoms with Gasteiger partial charge in [0.15, 0.2) is 0 Å². The van der Waals surface area contributed by atoms with Gasteiger partial charge >= 0.3 is 0 Å². The van der Waals surface area contributed by atoms with Crippen molar-refractivity contribution in [3.8, 4) is 17.6 Å². The van der Waals surface area contributed by atoms with E-state index in [9.17, 15) is 0 Å². The van der Waals surface area contributed by atoms with Gasteiger partial charge in [-0.15, -0.1) is 0 Å². The molecule has 0 saturated heterocycles. The maximum Gasteiger partial charge on any atom is 0.122 e. The first-order chi connectivity index (χ1) is 9.85. The lowest BCUT2D eigenvalue weighted by Crippen LogP contribution is -2.01. The van der Waals surface area contributed by atoms with Crippen molar-refractivity contribution < 1.29 is 9.47 Å². The minimum absolute atomic E-state index is 0.631. The maximum absolute atomic E-state index is 8.73. The van der Waals surface area contributed by atoms with Gasteiger partial charge in [0.05, 0.1) is 24.8 Å². The first kappa shape index (κ1) is 12.6. The molecule has 0 N–H and O–H groups in total. The van der Waals surface area contributed by atoms with Crippen LogP contribution in [-0.2, 0) is 12.8 Å². The van der Waals surface area contributed by atoms with Crippen LogP contribution < -0.4 is 9.47 Å². The standard InChI is InChI=1S/C17H15NO2/c18-12-14-1-4-16(5-2-14)19-9-7-13-3-6-17-15(11-13)8-10-20-17/h1-6,11H,7-10H2. The molecule has 1 aliphatic rings. The zero-order valence-electron chi connectivity index (χ0n) is 11.1. The number of fused-ring (bicyclic) bond motifs is 1. The van der Waals surface area contributed by atoms with Crippen LogP contribution in [0.2, 0.25) is 0 Å². The summed E-state index contributed by atoms with van der Waals surface area (Å²) in [7, 11) is 0. The summed E-state index contributed by atoms with van der Waals surface area (Å²) in [4.78, 5) is 0. The highest BCUT2D eigenvalue weighted by molar-refractivity contribution is 5.40. The van der Waals surface area contributed by atoms with Gasteiger partial charge in [0.1, 0.15) is 11.5 Å². The predicted molar refractivity (Wildman–Crippen MR) is 76.0 cm³/mol. The summed E-state index contributed by atoms with van der Waals surface area (Å²) < 4.78 is 11.2. The molecule has 2 aromatic rings. The molecule has 0 bridgehead atoms. The molecule has 0 saturated carbocycles. The highest BCUT2D eigenvalue weighted by Crippen LogP contribution is 2.26. The topological polar surface area (TPSA) is 42.2 Å². The number of rotatable bonds is 4. The maximum atomic E-state index is 8.73. The second kappa shape index (κ2) is 5.66. The molecule has 0 spiro atoms.